The molecule has 1 rings (SSSR count). The van der Waals surface area contributed by atoms with Gasteiger partial charge >= 0.3 is 0 Å². The lowest BCUT2D eigenvalue weighted by atomic mass is 9.76. The lowest BCUT2D eigenvalue weighted by Crippen LogP contribution is -2.36. The first-order valence-corrected chi connectivity index (χ1v) is 6.40. The molecule has 0 saturated heterocycles. The summed E-state index contributed by atoms with van der Waals surface area (Å²) in [6.45, 7) is 16.3. The smallest absolute Gasteiger partial charge is 0.186 e. The first kappa shape index (κ1) is 14.0. The third-order valence-electron chi connectivity index (χ3n) is 3.30. The number of hydrogen-bond acceptors (Lipinski definition) is 2. The maximum atomic E-state index is 12.2. The van der Waals surface area contributed by atoms with E-state index in [0.29, 0.717) is 11.5 Å². The van der Waals surface area contributed by atoms with E-state index < -0.39 is 0 Å². The molecule has 1 aliphatic heterocycles. The molecule has 0 saturated carbocycles. The van der Waals surface area contributed by atoms with Gasteiger partial charge in [0.25, 0.3) is 0 Å². The van der Waals surface area contributed by atoms with Gasteiger partial charge in [-0.1, -0.05) is 34.3 Å². The van der Waals surface area contributed by atoms with Crippen molar-refractivity contribution in [1.82, 2.24) is 4.90 Å². The van der Waals surface area contributed by atoms with E-state index in [4.69, 9.17) is 0 Å². The van der Waals surface area contributed by atoms with Gasteiger partial charge in [-0.25, -0.2) is 0 Å². The summed E-state index contributed by atoms with van der Waals surface area (Å²) in [6.07, 6.45) is 3.09. The second-order valence-corrected chi connectivity index (χ2v) is 6.17. The Morgan fingerprint density at radius 1 is 1.53 bits per heavy atom. The van der Waals surface area contributed by atoms with Gasteiger partial charge in [0.15, 0.2) is 5.78 Å². The molecule has 0 aromatic heterocycles. The van der Waals surface area contributed by atoms with Crippen molar-refractivity contribution < 1.29 is 4.79 Å². The Morgan fingerprint density at radius 3 is 2.59 bits per heavy atom. The van der Waals surface area contributed by atoms with Crippen molar-refractivity contribution in [3.63, 3.8) is 0 Å². The average Bonchev–Trinajstić information content (AvgIpc) is 2.19. The molecule has 0 N–H and O–H groups in total. The fourth-order valence-electron chi connectivity index (χ4n) is 2.19. The van der Waals surface area contributed by atoms with Gasteiger partial charge < -0.3 is 4.90 Å². The maximum Gasteiger partial charge on any atom is 0.186 e. The van der Waals surface area contributed by atoms with Crippen LogP contribution in [-0.4, -0.2) is 23.8 Å². The van der Waals surface area contributed by atoms with Crippen molar-refractivity contribution in [2.24, 2.45) is 11.3 Å². The molecule has 0 spiro atoms. The molecule has 0 bridgehead atoms. The van der Waals surface area contributed by atoms with Crippen LogP contribution in [0.25, 0.3) is 0 Å². The minimum Gasteiger partial charge on any atom is -0.377 e. The molecule has 2 nitrogen and oxygen atoms in total. The summed E-state index contributed by atoms with van der Waals surface area (Å²) < 4.78 is 0. The van der Waals surface area contributed by atoms with Crippen LogP contribution in [0.4, 0.5) is 0 Å². The summed E-state index contributed by atoms with van der Waals surface area (Å²) in [5.74, 6) is 0.733. The number of nitrogens with zero attached hydrogens (tertiary/aromatic N) is 1. The summed E-state index contributed by atoms with van der Waals surface area (Å²) in [7, 11) is 0. The molecule has 0 radical (unpaired) electrons. The van der Waals surface area contributed by atoms with E-state index in [9.17, 15) is 4.79 Å². The molecular weight excluding hydrogens is 210 g/mol. The molecule has 0 fully saturated rings. The van der Waals surface area contributed by atoms with Crippen LogP contribution in [0, 0.1) is 11.3 Å². The van der Waals surface area contributed by atoms with Crippen molar-refractivity contribution in [3.05, 3.63) is 23.9 Å². The molecule has 0 atom stereocenters. The zero-order chi connectivity index (χ0) is 13.2. The highest BCUT2D eigenvalue weighted by Crippen LogP contribution is 2.36. The Balaban J connectivity index is 2.97. The summed E-state index contributed by atoms with van der Waals surface area (Å²) in [5.41, 5.74) is 1.52. The van der Waals surface area contributed by atoms with Crippen molar-refractivity contribution in [2.45, 2.75) is 41.0 Å². The topological polar surface area (TPSA) is 20.3 Å². The average molecular weight is 235 g/mol. The molecule has 0 unspecified atom stereocenters. The Bertz CT molecular complexity index is 350. The number of hydrogen-bond donors (Lipinski definition) is 0. The highest BCUT2D eigenvalue weighted by molar-refractivity contribution is 6.08. The fraction of sp³-hybridized carbons (Fsp3) is 0.667. The van der Waals surface area contributed by atoms with Crippen LogP contribution in [0.3, 0.4) is 0 Å². The Kier molecular flexibility index (Phi) is 4.18. The molecule has 17 heavy (non-hydrogen) atoms. The Labute approximate surface area is 105 Å². The van der Waals surface area contributed by atoms with Crippen LogP contribution in [0.1, 0.15) is 41.0 Å². The number of rotatable bonds is 4. The molecule has 1 heterocycles. The second kappa shape index (κ2) is 5.07. The van der Waals surface area contributed by atoms with Gasteiger partial charge in [-0.3, -0.25) is 4.79 Å². The van der Waals surface area contributed by atoms with Crippen molar-refractivity contribution >= 4 is 5.78 Å². The summed E-state index contributed by atoms with van der Waals surface area (Å²) >= 11 is 0. The van der Waals surface area contributed by atoms with Crippen molar-refractivity contribution in [2.75, 3.05) is 13.1 Å². The summed E-state index contributed by atoms with van der Waals surface area (Å²) in [5, 5.41) is 0. The van der Waals surface area contributed by atoms with E-state index in [1.165, 1.54) is 0 Å². The third kappa shape index (κ3) is 3.45. The van der Waals surface area contributed by atoms with E-state index in [1.807, 2.05) is 0 Å². The first-order chi connectivity index (χ1) is 7.74. The highest BCUT2D eigenvalue weighted by Gasteiger charge is 2.32. The lowest BCUT2D eigenvalue weighted by molar-refractivity contribution is -0.113. The summed E-state index contributed by atoms with van der Waals surface area (Å²) in [4.78, 5) is 14.4. The zero-order valence-electron chi connectivity index (χ0n) is 11.8. The van der Waals surface area contributed by atoms with Crippen LogP contribution < -0.4 is 0 Å². The monoisotopic (exact) mass is 235 g/mol. The van der Waals surface area contributed by atoms with Crippen LogP contribution in [-0.2, 0) is 4.79 Å². The maximum absolute atomic E-state index is 12.2. The van der Waals surface area contributed by atoms with Gasteiger partial charge in [0, 0.05) is 24.9 Å². The predicted molar refractivity (Wildman–Crippen MR) is 72.7 cm³/mol. The molecule has 96 valence electrons. The van der Waals surface area contributed by atoms with Gasteiger partial charge in [0.1, 0.15) is 0 Å². The molecule has 0 aromatic rings. The molecule has 0 aliphatic carbocycles. The molecule has 1 aliphatic rings. The van der Waals surface area contributed by atoms with E-state index in [-0.39, 0.29) is 11.2 Å². The molecule has 0 amide bonds. The standard InChI is InChI=1S/C15H25NO/c1-11(2)9-16-8-7-15(5,6)13(10-16)14(17)12(3)4/h10-11H,3,7-9H2,1-2,4-6H3. The minimum absolute atomic E-state index is 0.0243. The van der Waals surface area contributed by atoms with Crippen molar-refractivity contribution in [1.29, 1.82) is 0 Å². The lowest BCUT2D eigenvalue weighted by Gasteiger charge is -2.37. The van der Waals surface area contributed by atoms with Gasteiger partial charge in [-0.05, 0) is 30.3 Å². The van der Waals surface area contributed by atoms with E-state index in [2.05, 4.69) is 45.4 Å². The SMILES string of the molecule is C=C(C)C(=O)C1=CN(CC(C)C)CCC1(C)C. The van der Waals surface area contributed by atoms with E-state index in [1.54, 1.807) is 6.92 Å². The van der Waals surface area contributed by atoms with Gasteiger partial charge in [0.05, 0.1) is 0 Å². The Hall–Kier alpha value is -1.05. The number of ketones is 1. The number of allylic oxidation sites excluding steroid dienone is 2. The van der Waals surface area contributed by atoms with Crippen LogP contribution >= 0.6 is 0 Å². The van der Waals surface area contributed by atoms with Crippen molar-refractivity contribution in [3.8, 4) is 0 Å². The van der Waals surface area contributed by atoms with Crippen LogP contribution in [0.5, 0.6) is 0 Å². The predicted octanol–water partition coefficient (Wildman–Crippen LogP) is 3.40. The summed E-state index contributed by atoms with van der Waals surface area (Å²) in [6, 6.07) is 0. The van der Waals surface area contributed by atoms with E-state index >= 15 is 0 Å². The third-order valence-corrected chi connectivity index (χ3v) is 3.30. The quantitative estimate of drug-likeness (QED) is 0.696. The van der Waals surface area contributed by atoms with Crippen LogP contribution in [0.2, 0.25) is 0 Å². The number of carbonyl (C=O) groups excluding carboxylic acids is 1. The Morgan fingerprint density at radius 2 is 2.12 bits per heavy atom. The second-order valence-electron chi connectivity index (χ2n) is 6.17. The largest absolute Gasteiger partial charge is 0.377 e. The highest BCUT2D eigenvalue weighted by atomic mass is 16.1. The number of Topliss-reactive ketones (excluding diaryl/α,β-unsaturated/α-hetero) is 1. The van der Waals surface area contributed by atoms with Gasteiger partial charge in [0.2, 0.25) is 0 Å². The van der Waals surface area contributed by atoms with Gasteiger partial charge in [-0.15, -0.1) is 0 Å². The molecule has 2 heteroatoms. The zero-order valence-corrected chi connectivity index (χ0v) is 11.8. The molecular formula is C15H25NO. The minimum atomic E-state index is -0.0243. The van der Waals surface area contributed by atoms with Crippen LogP contribution in [0.15, 0.2) is 23.9 Å². The van der Waals surface area contributed by atoms with E-state index in [0.717, 1.165) is 25.1 Å². The number of carbonyl (C=O) groups is 1. The first-order valence-electron chi connectivity index (χ1n) is 6.40. The fourth-order valence-corrected chi connectivity index (χ4v) is 2.19. The normalized spacial score (nSPS) is 19.2. The van der Waals surface area contributed by atoms with Gasteiger partial charge in [-0.2, -0.15) is 0 Å². The molecule has 0 aromatic carbocycles.